The van der Waals surface area contributed by atoms with Gasteiger partial charge in [0.25, 0.3) is 0 Å². The minimum atomic E-state index is -0.210. The van der Waals surface area contributed by atoms with Crippen LogP contribution in [0, 0.1) is 0 Å². The third-order valence-electron chi connectivity index (χ3n) is 7.13. The Morgan fingerprint density at radius 2 is 1.81 bits per heavy atom. The van der Waals surface area contributed by atoms with E-state index in [1.807, 2.05) is 35.2 Å². The minimum Gasteiger partial charge on any atom is -0.379 e. The Bertz CT molecular complexity index is 965. The molecule has 208 valence electrons. The number of aromatic nitrogens is 1. The van der Waals surface area contributed by atoms with Crippen molar-refractivity contribution in [3.05, 3.63) is 58.2 Å². The Kier molecular flexibility index (Phi) is 15.1. The SMILES string of the molecule is CN(CCCN1CCOCC1)CC[C@]1(c2ccc(Cl)c(Cl)c2)CCC(=O)N(c2ccccn2)C1.Cl.Cl.Cl. The number of pyridine rings is 1. The molecule has 1 amide bonds. The quantitative estimate of drug-likeness (QED) is 0.360. The van der Waals surface area contributed by atoms with Crippen LogP contribution in [0.25, 0.3) is 0 Å². The highest BCUT2D eigenvalue weighted by Gasteiger charge is 2.41. The van der Waals surface area contributed by atoms with E-state index >= 15 is 0 Å². The monoisotopic (exact) mass is 612 g/mol. The van der Waals surface area contributed by atoms with E-state index in [2.05, 4.69) is 27.9 Å². The van der Waals surface area contributed by atoms with Gasteiger partial charge in [-0.2, -0.15) is 0 Å². The molecule has 0 radical (unpaired) electrons. The van der Waals surface area contributed by atoms with Crippen molar-refractivity contribution in [3.8, 4) is 0 Å². The lowest BCUT2D eigenvalue weighted by Gasteiger charge is -2.43. The van der Waals surface area contributed by atoms with Crippen LogP contribution in [-0.4, -0.2) is 80.2 Å². The van der Waals surface area contributed by atoms with Crippen molar-refractivity contribution in [1.82, 2.24) is 14.8 Å². The number of anilines is 1. The summed E-state index contributed by atoms with van der Waals surface area (Å²) in [7, 11) is 2.19. The van der Waals surface area contributed by atoms with Crippen molar-refractivity contribution in [3.63, 3.8) is 0 Å². The maximum Gasteiger partial charge on any atom is 0.228 e. The van der Waals surface area contributed by atoms with Gasteiger partial charge in [0.15, 0.2) is 0 Å². The van der Waals surface area contributed by atoms with Crippen LogP contribution in [0.15, 0.2) is 42.6 Å². The normalized spacial score (nSPS) is 20.1. The number of amides is 1. The maximum atomic E-state index is 12.9. The molecule has 2 saturated heterocycles. The number of ether oxygens (including phenoxy) is 1. The first-order valence-electron chi connectivity index (χ1n) is 12.1. The molecule has 2 aliphatic rings. The lowest BCUT2D eigenvalue weighted by atomic mass is 9.71. The Morgan fingerprint density at radius 3 is 2.49 bits per heavy atom. The molecule has 0 unspecified atom stereocenters. The van der Waals surface area contributed by atoms with Crippen LogP contribution < -0.4 is 4.90 Å². The van der Waals surface area contributed by atoms with Crippen molar-refractivity contribution in [1.29, 1.82) is 0 Å². The Labute approximate surface area is 249 Å². The van der Waals surface area contributed by atoms with Gasteiger partial charge in [0.1, 0.15) is 5.82 Å². The number of carbonyl (C=O) groups excluding carboxylic acids is 1. The van der Waals surface area contributed by atoms with Crippen molar-refractivity contribution in [2.24, 2.45) is 0 Å². The van der Waals surface area contributed by atoms with Crippen molar-refractivity contribution in [2.75, 3.05) is 64.4 Å². The summed E-state index contributed by atoms with van der Waals surface area (Å²) in [6.07, 6.45) is 5.07. The Hall–Kier alpha value is -0.830. The molecule has 0 aliphatic carbocycles. The van der Waals surface area contributed by atoms with Gasteiger partial charge in [0.05, 0.1) is 23.3 Å². The molecule has 1 aromatic carbocycles. The molecule has 37 heavy (non-hydrogen) atoms. The molecule has 0 bridgehead atoms. The minimum absolute atomic E-state index is 0. The highest BCUT2D eigenvalue weighted by atomic mass is 35.5. The molecule has 3 heterocycles. The summed E-state index contributed by atoms with van der Waals surface area (Å²) >= 11 is 12.7. The number of piperidine rings is 1. The first kappa shape index (κ1) is 34.2. The van der Waals surface area contributed by atoms with Crippen molar-refractivity contribution in [2.45, 2.75) is 31.1 Å². The van der Waals surface area contributed by atoms with E-state index in [-0.39, 0.29) is 48.5 Å². The molecule has 0 saturated carbocycles. The summed E-state index contributed by atoms with van der Waals surface area (Å²) in [6, 6.07) is 11.6. The van der Waals surface area contributed by atoms with Crippen molar-refractivity contribution < 1.29 is 9.53 Å². The van der Waals surface area contributed by atoms with Crippen LogP contribution in [0.2, 0.25) is 10.0 Å². The number of hydrogen-bond acceptors (Lipinski definition) is 5. The summed E-state index contributed by atoms with van der Waals surface area (Å²) in [5.74, 6) is 0.823. The fourth-order valence-electron chi connectivity index (χ4n) is 4.99. The second-order valence-electron chi connectivity index (χ2n) is 9.44. The van der Waals surface area contributed by atoms with Gasteiger partial charge in [-0.15, -0.1) is 37.2 Å². The van der Waals surface area contributed by atoms with Crippen LogP contribution >= 0.6 is 60.4 Å². The fraction of sp³-hybridized carbons (Fsp3) is 0.538. The largest absolute Gasteiger partial charge is 0.379 e. The number of nitrogens with zero attached hydrogens (tertiary/aromatic N) is 4. The molecule has 6 nitrogen and oxygen atoms in total. The third-order valence-corrected chi connectivity index (χ3v) is 7.87. The zero-order valence-corrected chi connectivity index (χ0v) is 25.1. The van der Waals surface area contributed by atoms with Crippen LogP contribution in [0.1, 0.15) is 31.2 Å². The Morgan fingerprint density at radius 1 is 1.05 bits per heavy atom. The van der Waals surface area contributed by atoms with Crippen LogP contribution in [0.4, 0.5) is 5.82 Å². The summed E-state index contributed by atoms with van der Waals surface area (Å²) < 4.78 is 5.45. The molecule has 0 spiro atoms. The molecule has 2 aromatic rings. The van der Waals surface area contributed by atoms with E-state index < -0.39 is 0 Å². The second kappa shape index (κ2) is 16.3. The molecule has 4 rings (SSSR count). The molecular formula is C26H37Cl5N4O2. The van der Waals surface area contributed by atoms with Gasteiger partial charge in [-0.25, -0.2) is 4.98 Å². The zero-order valence-electron chi connectivity index (χ0n) is 21.1. The van der Waals surface area contributed by atoms with Gasteiger partial charge in [0.2, 0.25) is 5.91 Å². The predicted molar refractivity (Wildman–Crippen MR) is 160 cm³/mol. The van der Waals surface area contributed by atoms with E-state index in [4.69, 9.17) is 27.9 Å². The number of benzene rings is 1. The smallest absolute Gasteiger partial charge is 0.228 e. The molecule has 1 aromatic heterocycles. The summed E-state index contributed by atoms with van der Waals surface area (Å²) in [5.41, 5.74) is 0.926. The lowest BCUT2D eigenvalue weighted by molar-refractivity contribution is -0.120. The molecule has 2 aliphatic heterocycles. The highest BCUT2D eigenvalue weighted by Crippen LogP contribution is 2.41. The van der Waals surface area contributed by atoms with Crippen LogP contribution in [-0.2, 0) is 14.9 Å². The van der Waals surface area contributed by atoms with E-state index in [0.29, 0.717) is 28.8 Å². The predicted octanol–water partition coefficient (Wildman–Crippen LogP) is 5.76. The molecular weight excluding hydrogens is 578 g/mol. The van der Waals surface area contributed by atoms with Gasteiger partial charge >= 0.3 is 0 Å². The zero-order chi connectivity index (χ0) is 24.0. The van der Waals surface area contributed by atoms with E-state index in [9.17, 15) is 4.79 Å². The van der Waals surface area contributed by atoms with Gasteiger partial charge in [-0.05, 0) is 75.8 Å². The van der Waals surface area contributed by atoms with E-state index in [0.717, 1.165) is 70.8 Å². The molecule has 1 atom stereocenters. The van der Waals surface area contributed by atoms with Gasteiger partial charge in [-0.3, -0.25) is 14.6 Å². The number of carbonyl (C=O) groups is 1. The van der Waals surface area contributed by atoms with Gasteiger partial charge in [0, 0.05) is 37.7 Å². The topological polar surface area (TPSA) is 48.9 Å². The standard InChI is InChI=1S/C26H34Cl2N4O2.3ClH/c1-30(12-4-13-31-15-17-34-18-16-31)14-10-26(21-6-7-22(27)23(28)19-21)9-8-25(33)32(20-26)24-5-2-3-11-29-24;;;/h2-3,5-7,11,19H,4,8-10,12-18,20H2,1H3;3*1H/t26-;;;/m1.../s1. The first-order chi connectivity index (χ1) is 16.5. The van der Waals surface area contributed by atoms with Crippen LogP contribution in [0.3, 0.4) is 0 Å². The van der Waals surface area contributed by atoms with Crippen molar-refractivity contribution >= 4 is 72.1 Å². The number of hydrogen-bond donors (Lipinski definition) is 0. The molecule has 0 N–H and O–H groups in total. The van der Waals surface area contributed by atoms with Crippen LogP contribution in [0.5, 0.6) is 0 Å². The average Bonchev–Trinajstić information content (AvgIpc) is 2.86. The molecule has 2 fully saturated rings. The average molecular weight is 615 g/mol. The fourth-order valence-corrected chi connectivity index (χ4v) is 5.29. The van der Waals surface area contributed by atoms with Gasteiger partial charge in [-0.1, -0.05) is 35.3 Å². The second-order valence-corrected chi connectivity index (χ2v) is 10.3. The molecule has 11 heteroatoms. The Balaban J connectivity index is 0.00000228. The number of halogens is 5. The van der Waals surface area contributed by atoms with Gasteiger partial charge < -0.3 is 9.64 Å². The summed E-state index contributed by atoms with van der Waals surface area (Å²) in [4.78, 5) is 24.1. The number of morpholine rings is 1. The van der Waals surface area contributed by atoms with E-state index in [1.165, 1.54) is 0 Å². The maximum absolute atomic E-state index is 12.9. The summed E-state index contributed by atoms with van der Waals surface area (Å²) in [5, 5.41) is 1.10. The third kappa shape index (κ3) is 9.11. The number of rotatable bonds is 9. The summed E-state index contributed by atoms with van der Waals surface area (Å²) in [6.45, 7) is 7.41. The lowest BCUT2D eigenvalue weighted by Crippen LogP contribution is -2.50. The van der Waals surface area contributed by atoms with E-state index in [1.54, 1.807) is 6.20 Å². The highest BCUT2D eigenvalue weighted by molar-refractivity contribution is 6.42. The first-order valence-corrected chi connectivity index (χ1v) is 12.9.